The van der Waals surface area contributed by atoms with E-state index < -0.39 is 0 Å². The summed E-state index contributed by atoms with van der Waals surface area (Å²) in [5, 5.41) is 14.2. The van der Waals surface area contributed by atoms with E-state index >= 15 is 0 Å². The molecule has 2 aromatic carbocycles. The number of aromatic amines is 1. The zero-order chi connectivity index (χ0) is 27.6. The molecule has 4 aromatic rings. The fourth-order valence-electron chi connectivity index (χ4n) is 6.33. The van der Waals surface area contributed by atoms with Crippen LogP contribution in [0.1, 0.15) is 72.3 Å². The summed E-state index contributed by atoms with van der Waals surface area (Å²) in [5.74, 6) is 1.65. The maximum atomic E-state index is 13.7. The molecule has 1 atom stereocenters. The molecule has 9 heteroatoms. The highest BCUT2D eigenvalue weighted by Gasteiger charge is 2.34. The summed E-state index contributed by atoms with van der Waals surface area (Å²) in [6.45, 7) is 8.52. The number of nitrogens with one attached hydrogen (secondary N) is 1. The third-order valence-electron chi connectivity index (χ3n) is 8.80. The van der Waals surface area contributed by atoms with Crippen molar-refractivity contribution in [2.45, 2.75) is 64.6 Å². The summed E-state index contributed by atoms with van der Waals surface area (Å²) >= 11 is 0. The average Bonchev–Trinajstić information content (AvgIpc) is 3.46. The van der Waals surface area contributed by atoms with Gasteiger partial charge in [0.15, 0.2) is 5.82 Å². The predicted molar refractivity (Wildman–Crippen MR) is 156 cm³/mol. The topological polar surface area (TPSA) is 92.2 Å². The van der Waals surface area contributed by atoms with Crippen molar-refractivity contribution < 1.29 is 4.74 Å². The van der Waals surface area contributed by atoms with Gasteiger partial charge in [-0.05, 0) is 89.5 Å². The Bertz CT molecular complexity index is 1510. The van der Waals surface area contributed by atoms with Gasteiger partial charge in [0.05, 0.1) is 13.2 Å². The molecular formula is C31H39N7O2. The summed E-state index contributed by atoms with van der Waals surface area (Å²) < 4.78 is 7.34. The monoisotopic (exact) mass is 541 g/mol. The van der Waals surface area contributed by atoms with Crippen LogP contribution in [-0.4, -0.2) is 68.3 Å². The highest BCUT2D eigenvalue weighted by molar-refractivity contribution is 5.81. The van der Waals surface area contributed by atoms with Crippen molar-refractivity contribution in [2.24, 2.45) is 0 Å². The number of H-pyrrole nitrogens is 1. The number of rotatable bonds is 7. The Kier molecular flexibility index (Phi) is 7.67. The molecule has 9 nitrogen and oxygen atoms in total. The first kappa shape index (κ1) is 26.7. The van der Waals surface area contributed by atoms with Crippen LogP contribution in [-0.2, 0) is 6.54 Å². The van der Waals surface area contributed by atoms with Gasteiger partial charge in [0.1, 0.15) is 11.8 Å². The number of hydrogen-bond acceptors (Lipinski definition) is 7. The van der Waals surface area contributed by atoms with Crippen molar-refractivity contribution in [3.05, 3.63) is 80.9 Å². The van der Waals surface area contributed by atoms with Gasteiger partial charge in [0.25, 0.3) is 5.56 Å². The van der Waals surface area contributed by atoms with E-state index in [9.17, 15) is 4.79 Å². The molecular weight excluding hydrogens is 502 g/mol. The van der Waals surface area contributed by atoms with Gasteiger partial charge in [0.2, 0.25) is 0 Å². The van der Waals surface area contributed by atoms with Crippen LogP contribution in [0.2, 0.25) is 0 Å². The van der Waals surface area contributed by atoms with Crippen LogP contribution >= 0.6 is 0 Å². The van der Waals surface area contributed by atoms with Gasteiger partial charge in [-0.3, -0.25) is 14.6 Å². The average molecular weight is 542 g/mol. The predicted octanol–water partition coefficient (Wildman–Crippen LogP) is 4.55. The lowest BCUT2D eigenvalue weighted by atomic mass is 9.95. The minimum atomic E-state index is -0.310. The SMILES string of the molecule is COc1ccc(CN2CCN([C@@H](c3cc4cc(C)c(C)cc4[nH]c3=O)c3nnnn3C3CCCCC3)CC2)cc1. The molecule has 0 spiro atoms. The number of piperazine rings is 1. The van der Waals surface area contributed by atoms with Crippen molar-refractivity contribution in [3.8, 4) is 5.75 Å². The summed E-state index contributed by atoms with van der Waals surface area (Å²) in [6.07, 6.45) is 5.79. The van der Waals surface area contributed by atoms with Crippen LogP contribution in [0, 0.1) is 13.8 Å². The van der Waals surface area contributed by atoms with Crippen molar-refractivity contribution >= 4 is 10.9 Å². The van der Waals surface area contributed by atoms with Crippen LogP contribution in [0.15, 0.2) is 47.3 Å². The molecule has 2 fully saturated rings. The zero-order valence-corrected chi connectivity index (χ0v) is 23.8. The van der Waals surface area contributed by atoms with E-state index in [0.29, 0.717) is 5.56 Å². The van der Waals surface area contributed by atoms with Gasteiger partial charge in [0, 0.05) is 43.8 Å². The normalized spacial score (nSPS) is 18.3. The number of tetrazole rings is 1. The molecule has 2 aliphatic rings. The minimum Gasteiger partial charge on any atom is -0.497 e. The Morgan fingerprint density at radius 1 is 0.975 bits per heavy atom. The largest absolute Gasteiger partial charge is 0.497 e. The maximum absolute atomic E-state index is 13.7. The molecule has 0 bridgehead atoms. The first-order valence-corrected chi connectivity index (χ1v) is 14.5. The van der Waals surface area contributed by atoms with E-state index in [-0.39, 0.29) is 17.6 Å². The smallest absolute Gasteiger partial charge is 0.253 e. The number of nitrogens with zero attached hydrogens (tertiary/aromatic N) is 6. The first-order chi connectivity index (χ1) is 19.5. The Morgan fingerprint density at radius 3 is 2.42 bits per heavy atom. The summed E-state index contributed by atoms with van der Waals surface area (Å²) in [5.41, 5.74) is 5.16. The Balaban J connectivity index is 1.32. The highest BCUT2D eigenvalue weighted by atomic mass is 16.5. The van der Waals surface area contributed by atoms with E-state index in [0.717, 1.165) is 68.0 Å². The number of hydrogen-bond donors (Lipinski definition) is 1. The molecule has 210 valence electrons. The molecule has 3 heterocycles. The standard InChI is InChI=1S/C31H39N7O2/c1-21-17-24-19-27(31(39)32-28(24)18-22(21)2)29(30-33-34-35-38(30)25-7-5-4-6-8-25)37-15-13-36(14-16-37)20-23-9-11-26(40-3)12-10-23/h9-12,17-19,25,29H,4-8,13-16,20H2,1-3H3,(H,32,39)/t29-/m0/s1. The van der Waals surface area contributed by atoms with Crippen LogP contribution < -0.4 is 10.3 Å². The fourth-order valence-corrected chi connectivity index (χ4v) is 6.33. The second-order valence-electron chi connectivity index (χ2n) is 11.4. The van der Waals surface area contributed by atoms with Gasteiger partial charge in [-0.1, -0.05) is 31.4 Å². The van der Waals surface area contributed by atoms with Gasteiger partial charge >= 0.3 is 0 Å². The quantitative estimate of drug-likeness (QED) is 0.367. The Hall–Kier alpha value is -3.56. The molecule has 1 saturated carbocycles. The van der Waals surface area contributed by atoms with Gasteiger partial charge in [-0.25, -0.2) is 4.68 Å². The molecule has 0 amide bonds. The molecule has 0 radical (unpaired) electrons. The lowest BCUT2D eigenvalue weighted by molar-refractivity contribution is 0.0982. The van der Waals surface area contributed by atoms with Gasteiger partial charge < -0.3 is 9.72 Å². The molecule has 1 N–H and O–H groups in total. The maximum Gasteiger partial charge on any atom is 0.253 e. The zero-order valence-electron chi connectivity index (χ0n) is 23.8. The van der Waals surface area contributed by atoms with Crippen LogP contribution in [0.3, 0.4) is 0 Å². The van der Waals surface area contributed by atoms with E-state index in [1.54, 1.807) is 7.11 Å². The van der Waals surface area contributed by atoms with E-state index in [4.69, 9.17) is 4.74 Å². The van der Waals surface area contributed by atoms with Crippen LogP contribution in [0.4, 0.5) is 0 Å². The second-order valence-corrected chi connectivity index (χ2v) is 11.4. The molecule has 6 rings (SSSR count). The van der Waals surface area contributed by atoms with E-state index in [1.807, 2.05) is 16.8 Å². The summed E-state index contributed by atoms with van der Waals surface area (Å²) in [6, 6.07) is 14.6. The molecule has 2 aromatic heterocycles. The number of fused-ring (bicyclic) bond motifs is 1. The highest BCUT2D eigenvalue weighted by Crippen LogP contribution is 2.33. The first-order valence-electron chi connectivity index (χ1n) is 14.5. The van der Waals surface area contributed by atoms with Crippen molar-refractivity contribution in [1.29, 1.82) is 0 Å². The number of aromatic nitrogens is 5. The van der Waals surface area contributed by atoms with Crippen molar-refractivity contribution in [1.82, 2.24) is 35.0 Å². The molecule has 1 saturated heterocycles. The van der Waals surface area contributed by atoms with Crippen LogP contribution in [0.25, 0.3) is 10.9 Å². The number of benzene rings is 2. The summed E-state index contributed by atoms with van der Waals surface area (Å²) in [4.78, 5) is 21.7. The molecule has 40 heavy (non-hydrogen) atoms. The second kappa shape index (κ2) is 11.5. The van der Waals surface area contributed by atoms with Gasteiger partial charge in [-0.15, -0.1) is 5.10 Å². The van der Waals surface area contributed by atoms with Crippen molar-refractivity contribution in [2.75, 3.05) is 33.3 Å². The Morgan fingerprint density at radius 2 is 1.70 bits per heavy atom. The molecule has 0 unspecified atom stereocenters. The van der Waals surface area contributed by atoms with Crippen molar-refractivity contribution in [3.63, 3.8) is 0 Å². The van der Waals surface area contributed by atoms with Crippen LogP contribution in [0.5, 0.6) is 5.75 Å². The number of ether oxygens (including phenoxy) is 1. The lowest BCUT2D eigenvalue weighted by Gasteiger charge is -2.39. The lowest BCUT2D eigenvalue weighted by Crippen LogP contribution is -2.48. The number of pyridine rings is 1. The third kappa shape index (κ3) is 5.40. The fraction of sp³-hybridized carbons (Fsp3) is 0.484. The molecule has 1 aliphatic heterocycles. The number of aryl methyl sites for hydroxylation is 2. The van der Waals surface area contributed by atoms with E-state index in [1.165, 1.54) is 36.0 Å². The third-order valence-corrected chi connectivity index (χ3v) is 8.80. The molecule has 1 aliphatic carbocycles. The minimum absolute atomic E-state index is 0.0698. The summed E-state index contributed by atoms with van der Waals surface area (Å²) in [7, 11) is 1.69. The van der Waals surface area contributed by atoms with E-state index in [2.05, 4.69) is 74.5 Å². The number of methoxy groups -OCH3 is 1. The van der Waals surface area contributed by atoms with Gasteiger partial charge in [-0.2, -0.15) is 0 Å². The Labute approximate surface area is 235 Å².